The van der Waals surface area contributed by atoms with Crippen LogP contribution >= 0.6 is 0 Å². The first kappa shape index (κ1) is 10.7. The van der Waals surface area contributed by atoms with Gasteiger partial charge in [-0.1, -0.05) is 13.0 Å². The van der Waals surface area contributed by atoms with Crippen LogP contribution in [0.25, 0.3) is 10.9 Å². The van der Waals surface area contributed by atoms with E-state index in [0.29, 0.717) is 11.9 Å². The molecule has 0 bridgehead atoms. The van der Waals surface area contributed by atoms with Crippen LogP contribution in [-0.4, -0.2) is 10.5 Å². The zero-order chi connectivity index (χ0) is 11.7. The maximum absolute atomic E-state index is 13.4. The maximum atomic E-state index is 13.4. The van der Waals surface area contributed by atoms with E-state index < -0.39 is 0 Å². The number of fused-ring (bicyclic) bond motifs is 1. The average Bonchev–Trinajstić information content (AvgIpc) is 2.63. The second-order valence-corrected chi connectivity index (χ2v) is 3.94. The molecule has 0 saturated carbocycles. The molecule has 1 amide bonds. The van der Waals surface area contributed by atoms with Gasteiger partial charge in [0, 0.05) is 18.1 Å². The lowest BCUT2D eigenvalue weighted by molar-refractivity contribution is -0.121. The molecule has 0 aliphatic rings. The molecule has 0 aliphatic carbocycles. The highest BCUT2D eigenvalue weighted by molar-refractivity contribution is 5.81. The average molecular weight is 220 g/mol. The molecular formula is C12H13FN2O. The van der Waals surface area contributed by atoms with Crippen molar-refractivity contribution in [2.24, 2.45) is 11.7 Å². The van der Waals surface area contributed by atoms with E-state index in [1.54, 1.807) is 25.3 Å². The van der Waals surface area contributed by atoms with Gasteiger partial charge in [-0.05, 0) is 18.2 Å². The molecule has 0 spiro atoms. The van der Waals surface area contributed by atoms with Gasteiger partial charge in [-0.25, -0.2) is 4.39 Å². The molecule has 0 saturated heterocycles. The summed E-state index contributed by atoms with van der Waals surface area (Å²) in [7, 11) is 0. The van der Waals surface area contributed by atoms with E-state index in [9.17, 15) is 9.18 Å². The van der Waals surface area contributed by atoms with Gasteiger partial charge >= 0.3 is 0 Å². The monoisotopic (exact) mass is 220 g/mol. The van der Waals surface area contributed by atoms with Gasteiger partial charge in [-0.2, -0.15) is 0 Å². The molecule has 84 valence electrons. The standard InChI is InChI=1S/C12H13FN2O/c1-8(12(14)16)7-15-6-5-9-10(13)3-2-4-11(9)15/h2-6,8H,7H2,1H3,(H2,14,16). The number of nitrogens with zero attached hydrogens (tertiary/aromatic N) is 1. The smallest absolute Gasteiger partial charge is 0.222 e. The van der Waals surface area contributed by atoms with Gasteiger partial charge in [0.1, 0.15) is 5.82 Å². The topological polar surface area (TPSA) is 48.0 Å². The van der Waals surface area contributed by atoms with E-state index in [1.807, 2.05) is 10.6 Å². The Kier molecular flexibility index (Phi) is 2.64. The van der Waals surface area contributed by atoms with Crippen LogP contribution < -0.4 is 5.73 Å². The number of carbonyl (C=O) groups excluding carboxylic acids is 1. The lowest BCUT2D eigenvalue weighted by Gasteiger charge is -2.09. The number of hydrogen-bond acceptors (Lipinski definition) is 1. The van der Waals surface area contributed by atoms with Crippen LogP contribution in [0.5, 0.6) is 0 Å². The fourth-order valence-corrected chi connectivity index (χ4v) is 1.73. The van der Waals surface area contributed by atoms with Crippen molar-refractivity contribution in [3.05, 3.63) is 36.3 Å². The summed E-state index contributed by atoms with van der Waals surface area (Å²) in [4.78, 5) is 11.0. The third-order valence-corrected chi connectivity index (χ3v) is 2.72. The second-order valence-electron chi connectivity index (χ2n) is 3.94. The van der Waals surface area contributed by atoms with Gasteiger partial charge < -0.3 is 10.3 Å². The van der Waals surface area contributed by atoms with E-state index >= 15 is 0 Å². The van der Waals surface area contributed by atoms with Crippen molar-refractivity contribution in [1.82, 2.24) is 4.57 Å². The third-order valence-electron chi connectivity index (χ3n) is 2.72. The number of primary amides is 1. The number of rotatable bonds is 3. The minimum atomic E-state index is -0.349. The van der Waals surface area contributed by atoms with Crippen molar-refractivity contribution < 1.29 is 9.18 Å². The molecule has 1 aromatic heterocycles. The number of aromatic nitrogens is 1. The van der Waals surface area contributed by atoms with E-state index in [-0.39, 0.29) is 17.6 Å². The quantitative estimate of drug-likeness (QED) is 0.843. The minimum absolute atomic E-state index is 0.247. The summed E-state index contributed by atoms with van der Waals surface area (Å²) in [5, 5.41) is 0.569. The Bertz CT molecular complexity index is 533. The van der Waals surface area contributed by atoms with Crippen LogP contribution in [0.1, 0.15) is 6.92 Å². The van der Waals surface area contributed by atoms with E-state index in [0.717, 1.165) is 5.52 Å². The normalized spacial score (nSPS) is 12.9. The fraction of sp³-hybridized carbons (Fsp3) is 0.250. The predicted octanol–water partition coefficient (Wildman–Crippen LogP) is 1.90. The first-order valence-electron chi connectivity index (χ1n) is 5.12. The lowest BCUT2D eigenvalue weighted by atomic mass is 10.1. The Morgan fingerprint density at radius 2 is 2.25 bits per heavy atom. The van der Waals surface area contributed by atoms with E-state index in [4.69, 9.17) is 5.73 Å². The minimum Gasteiger partial charge on any atom is -0.369 e. The Morgan fingerprint density at radius 3 is 2.94 bits per heavy atom. The summed E-state index contributed by atoms with van der Waals surface area (Å²) in [5.41, 5.74) is 5.99. The van der Waals surface area contributed by atoms with Gasteiger partial charge in [-0.15, -0.1) is 0 Å². The molecule has 2 N–H and O–H groups in total. The molecule has 0 radical (unpaired) electrons. The van der Waals surface area contributed by atoms with Crippen LogP contribution in [0.2, 0.25) is 0 Å². The highest BCUT2D eigenvalue weighted by Gasteiger charge is 2.11. The van der Waals surface area contributed by atoms with Crippen LogP contribution in [0.3, 0.4) is 0 Å². The zero-order valence-corrected chi connectivity index (χ0v) is 8.98. The summed E-state index contributed by atoms with van der Waals surface area (Å²) in [6.07, 6.45) is 1.77. The number of benzene rings is 1. The van der Waals surface area contributed by atoms with Crippen molar-refractivity contribution in [2.45, 2.75) is 13.5 Å². The summed E-state index contributed by atoms with van der Waals surface area (Å²) < 4.78 is 15.2. The Morgan fingerprint density at radius 1 is 1.50 bits per heavy atom. The number of halogens is 1. The number of carbonyl (C=O) groups is 1. The first-order chi connectivity index (χ1) is 7.59. The second kappa shape index (κ2) is 3.96. The molecule has 4 heteroatoms. The predicted molar refractivity (Wildman–Crippen MR) is 60.3 cm³/mol. The molecule has 2 rings (SSSR count). The largest absolute Gasteiger partial charge is 0.369 e. The highest BCUT2D eigenvalue weighted by atomic mass is 19.1. The van der Waals surface area contributed by atoms with Crippen LogP contribution in [0.4, 0.5) is 4.39 Å². The van der Waals surface area contributed by atoms with Crippen molar-refractivity contribution in [1.29, 1.82) is 0 Å². The Hall–Kier alpha value is -1.84. The highest BCUT2D eigenvalue weighted by Crippen LogP contribution is 2.19. The molecule has 16 heavy (non-hydrogen) atoms. The molecule has 3 nitrogen and oxygen atoms in total. The molecule has 2 aromatic rings. The summed E-state index contributed by atoms with van der Waals surface area (Å²) >= 11 is 0. The van der Waals surface area contributed by atoms with E-state index in [1.165, 1.54) is 6.07 Å². The molecule has 1 aromatic carbocycles. The summed E-state index contributed by atoms with van der Waals surface area (Å²) in [6.45, 7) is 2.23. The Balaban J connectivity index is 2.39. The molecule has 1 unspecified atom stereocenters. The molecule has 0 fully saturated rings. The molecule has 0 aliphatic heterocycles. The number of hydrogen-bond donors (Lipinski definition) is 1. The van der Waals surface area contributed by atoms with Gasteiger partial charge in [0.05, 0.1) is 11.4 Å². The molecule has 1 atom stereocenters. The third kappa shape index (κ3) is 1.78. The number of amides is 1. The van der Waals surface area contributed by atoms with Gasteiger partial charge in [0.25, 0.3) is 0 Å². The Labute approximate surface area is 92.7 Å². The SMILES string of the molecule is CC(Cn1ccc2c(F)cccc21)C(N)=O. The molecule has 1 heterocycles. The zero-order valence-electron chi connectivity index (χ0n) is 8.98. The summed E-state index contributed by atoms with van der Waals surface area (Å²) in [6, 6.07) is 6.61. The van der Waals surface area contributed by atoms with Crippen LogP contribution in [0, 0.1) is 11.7 Å². The van der Waals surface area contributed by atoms with Crippen molar-refractivity contribution >= 4 is 16.8 Å². The van der Waals surface area contributed by atoms with E-state index in [2.05, 4.69) is 0 Å². The van der Waals surface area contributed by atoms with Crippen molar-refractivity contribution in [3.63, 3.8) is 0 Å². The van der Waals surface area contributed by atoms with Crippen LogP contribution in [-0.2, 0) is 11.3 Å². The fourth-order valence-electron chi connectivity index (χ4n) is 1.73. The van der Waals surface area contributed by atoms with Gasteiger partial charge in [-0.3, -0.25) is 4.79 Å². The molecular weight excluding hydrogens is 207 g/mol. The maximum Gasteiger partial charge on any atom is 0.222 e. The van der Waals surface area contributed by atoms with Gasteiger partial charge in [0.2, 0.25) is 5.91 Å². The van der Waals surface area contributed by atoms with Crippen molar-refractivity contribution in [3.8, 4) is 0 Å². The van der Waals surface area contributed by atoms with Crippen LogP contribution in [0.15, 0.2) is 30.5 Å². The summed E-state index contributed by atoms with van der Waals surface area (Å²) in [5.74, 6) is -0.861. The first-order valence-corrected chi connectivity index (χ1v) is 5.12. The van der Waals surface area contributed by atoms with Gasteiger partial charge in [0.15, 0.2) is 0 Å². The van der Waals surface area contributed by atoms with Crippen molar-refractivity contribution in [2.75, 3.05) is 0 Å². The number of nitrogens with two attached hydrogens (primary N) is 1. The lowest BCUT2D eigenvalue weighted by Crippen LogP contribution is -2.24.